The van der Waals surface area contributed by atoms with Crippen LogP contribution in [0.1, 0.15) is 30.1 Å². The van der Waals surface area contributed by atoms with Crippen LogP contribution in [-0.2, 0) is 4.74 Å². The van der Waals surface area contributed by atoms with Gasteiger partial charge in [-0.25, -0.2) is 0 Å². The Morgan fingerprint density at radius 2 is 1.80 bits per heavy atom. The van der Waals surface area contributed by atoms with Gasteiger partial charge in [0.25, 0.3) is 5.91 Å². The number of nitrogens with zero attached hydrogens (tertiary/aromatic N) is 2. The van der Waals surface area contributed by atoms with Gasteiger partial charge in [0.2, 0.25) is 0 Å². The summed E-state index contributed by atoms with van der Waals surface area (Å²) in [6, 6.07) is 12.0. The van der Waals surface area contributed by atoms with Crippen molar-refractivity contribution in [2.45, 2.75) is 31.8 Å². The summed E-state index contributed by atoms with van der Waals surface area (Å²) < 4.78 is 11.3. The molecule has 5 heterocycles. The Kier molecular flexibility index (Phi) is 5.39. The van der Waals surface area contributed by atoms with Gasteiger partial charge in [-0.05, 0) is 69.1 Å². The van der Waals surface area contributed by atoms with Crippen molar-refractivity contribution in [3.8, 4) is 11.6 Å². The molecule has 6 rings (SSSR count). The maximum atomic E-state index is 12.8. The number of amides is 1. The third-order valence-corrected chi connectivity index (χ3v) is 6.82. The number of nitrogens with one attached hydrogen (secondary N) is 2. The number of benzene rings is 1. The van der Waals surface area contributed by atoms with Gasteiger partial charge in [-0.1, -0.05) is 0 Å². The van der Waals surface area contributed by atoms with Gasteiger partial charge in [-0.15, -0.1) is 0 Å². The minimum absolute atomic E-state index is 0.00151. The molecule has 30 heavy (non-hydrogen) atoms. The van der Waals surface area contributed by atoms with Crippen LogP contribution in [0.5, 0.6) is 11.6 Å². The van der Waals surface area contributed by atoms with E-state index in [9.17, 15) is 4.79 Å². The molecule has 4 fully saturated rings. The van der Waals surface area contributed by atoms with Gasteiger partial charge in [0, 0.05) is 36.8 Å². The van der Waals surface area contributed by atoms with Crippen LogP contribution in [0.3, 0.4) is 0 Å². The highest BCUT2D eigenvalue weighted by Crippen LogP contribution is 2.32. The van der Waals surface area contributed by atoms with Crippen LogP contribution in [0.25, 0.3) is 0 Å². The molecule has 7 nitrogen and oxygen atoms in total. The van der Waals surface area contributed by atoms with E-state index in [0.29, 0.717) is 29.2 Å². The Bertz CT molecular complexity index is 865. The second kappa shape index (κ2) is 8.32. The molecule has 160 valence electrons. The Labute approximate surface area is 177 Å². The molecule has 4 aliphatic rings. The number of hydrogen-bond acceptors (Lipinski definition) is 5. The standard InChI is InChI=1S/C23H30N4O3/c1-16-22(17-8-10-26(16)11-9-17)25-23(28)18-2-4-19(5-3-18)30-21-7-6-20(24-21)27-12-14-29-15-13-27/h2-7,16-17,22,24H,8-15H2,1H3,(H,25,28). The van der Waals surface area contributed by atoms with Crippen molar-refractivity contribution in [3.05, 3.63) is 42.0 Å². The van der Waals surface area contributed by atoms with E-state index < -0.39 is 0 Å². The van der Waals surface area contributed by atoms with E-state index in [1.165, 1.54) is 12.8 Å². The maximum absolute atomic E-state index is 12.8. The molecule has 2 bridgehead atoms. The molecule has 2 N–H and O–H groups in total. The van der Waals surface area contributed by atoms with E-state index in [-0.39, 0.29) is 11.9 Å². The molecule has 1 aromatic heterocycles. The third-order valence-electron chi connectivity index (χ3n) is 6.82. The highest BCUT2D eigenvalue weighted by atomic mass is 16.5. The second-order valence-corrected chi connectivity index (χ2v) is 8.55. The maximum Gasteiger partial charge on any atom is 0.251 e. The number of aromatic amines is 1. The number of anilines is 1. The van der Waals surface area contributed by atoms with Crippen molar-refractivity contribution >= 4 is 11.7 Å². The first-order valence-corrected chi connectivity index (χ1v) is 11.0. The lowest BCUT2D eigenvalue weighted by molar-refractivity contribution is 0.0217. The van der Waals surface area contributed by atoms with Gasteiger partial charge in [0.15, 0.2) is 5.88 Å². The van der Waals surface area contributed by atoms with Crippen LogP contribution in [0.2, 0.25) is 0 Å². The highest BCUT2D eigenvalue weighted by molar-refractivity contribution is 5.94. The van der Waals surface area contributed by atoms with Crippen molar-refractivity contribution in [3.63, 3.8) is 0 Å². The van der Waals surface area contributed by atoms with E-state index in [1.54, 1.807) is 0 Å². The summed E-state index contributed by atoms with van der Waals surface area (Å²) in [7, 11) is 0. The molecule has 0 saturated carbocycles. The van der Waals surface area contributed by atoms with Gasteiger partial charge in [0.1, 0.15) is 11.6 Å². The summed E-state index contributed by atoms with van der Waals surface area (Å²) in [5, 5.41) is 3.28. The Hall–Kier alpha value is -2.51. The lowest BCUT2D eigenvalue weighted by Crippen LogP contribution is -2.62. The van der Waals surface area contributed by atoms with Crippen molar-refractivity contribution in [2.24, 2.45) is 5.92 Å². The average Bonchev–Trinajstić information content (AvgIpc) is 3.26. The van der Waals surface area contributed by atoms with Crippen LogP contribution in [0.15, 0.2) is 36.4 Å². The van der Waals surface area contributed by atoms with Crippen LogP contribution >= 0.6 is 0 Å². The monoisotopic (exact) mass is 410 g/mol. The molecule has 0 spiro atoms. The molecule has 4 saturated heterocycles. The number of aromatic nitrogens is 1. The topological polar surface area (TPSA) is 69.8 Å². The van der Waals surface area contributed by atoms with Crippen LogP contribution in [0.4, 0.5) is 5.82 Å². The highest BCUT2D eigenvalue weighted by Gasteiger charge is 2.40. The van der Waals surface area contributed by atoms with Crippen molar-refractivity contribution in [1.29, 1.82) is 0 Å². The zero-order chi connectivity index (χ0) is 20.5. The first-order chi connectivity index (χ1) is 14.7. The number of carbonyl (C=O) groups is 1. The molecule has 2 unspecified atom stereocenters. The van der Waals surface area contributed by atoms with Gasteiger partial charge >= 0.3 is 0 Å². The summed E-state index contributed by atoms with van der Waals surface area (Å²) in [4.78, 5) is 20.8. The van der Waals surface area contributed by atoms with Gasteiger partial charge in [-0.3, -0.25) is 9.69 Å². The van der Waals surface area contributed by atoms with Crippen molar-refractivity contribution in [1.82, 2.24) is 15.2 Å². The number of carbonyl (C=O) groups excluding carboxylic acids is 1. The second-order valence-electron chi connectivity index (χ2n) is 8.55. The minimum Gasteiger partial charge on any atom is -0.441 e. The van der Waals surface area contributed by atoms with Crippen LogP contribution in [-0.4, -0.2) is 67.3 Å². The van der Waals surface area contributed by atoms with E-state index in [2.05, 4.69) is 27.0 Å². The predicted molar refractivity (Wildman–Crippen MR) is 115 cm³/mol. The summed E-state index contributed by atoms with van der Waals surface area (Å²) in [5.74, 6) is 3.04. The molecule has 2 atom stereocenters. The SMILES string of the molecule is CC1C(NC(=O)c2ccc(Oc3ccc(N4CCOCC4)[nH]3)cc2)C2CCN1CC2. The van der Waals surface area contributed by atoms with Gasteiger partial charge < -0.3 is 24.7 Å². The zero-order valence-corrected chi connectivity index (χ0v) is 17.5. The third kappa shape index (κ3) is 3.91. The molecular weight excluding hydrogens is 380 g/mol. The van der Waals surface area contributed by atoms with Crippen LogP contribution < -0.4 is 15.0 Å². The quantitative estimate of drug-likeness (QED) is 0.793. The summed E-state index contributed by atoms with van der Waals surface area (Å²) in [6.07, 6.45) is 2.37. The van der Waals surface area contributed by atoms with E-state index in [1.807, 2.05) is 36.4 Å². The summed E-state index contributed by atoms with van der Waals surface area (Å²) in [5.41, 5.74) is 0.673. The fraction of sp³-hybridized carbons (Fsp3) is 0.522. The van der Waals surface area contributed by atoms with Crippen molar-refractivity contribution in [2.75, 3.05) is 44.3 Å². The number of morpholine rings is 1. The minimum atomic E-state index is 0.00151. The Morgan fingerprint density at radius 3 is 2.50 bits per heavy atom. The molecule has 1 aromatic carbocycles. The molecule has 7 heteroatoms. The summed E-state index contributed by atoms with van der Waals surface area (Å²) >= 11 is 0. The smallest absolute Gasteiger partial charge is 0.251 e. The van der Waals surface area contributed by atoms with E-state index in [0.717, 1.165) is 45.2 Å². The molecule has 1 amide bonds. The zero-order valence-electron chi connectivity index (χ0n) is 17.5. The average molecular weight is 411 g/mol. The largest absolute Gasteiger partial charge is 0.441 e. The number of rotatable bonds is 5. The number of piperidine rings is 3. The predicted octanol–water partition coefficient (Wildman–Crippen LogP) is 2.86. The molecule has 0 radical (unpaired) electrons. The molecular formula is C23H30N4O3. The number of ether oxygens (including phenoxy) is 2. The van der Waals surface area contributed by atoms with Gasteiger partial charge in [-0.2, -0.15) is 0 Å². The lowest BCUT2D eigenvalue weighted by Gasteiger charge is -2.49. The van der Waals surface area contributed by atoms with Crippen LogP contribution in [0, 0.1) is 5.92 Å². The lowest BCUT2D eigenvalue weighted by atomic mass is 9.79. The fourth-order valence-electron chi connectivity index (χ4n) is 4.99. The first-order valence-electron chi connectivity index (χ1n) is 11.0. The first kappa shape index (κ1) is 19.5. The van der Waals surface area contributed by atoms with Gasteiger partial charge in [0.05, 0.1) is 13.2 Å². The van der Waals surface area contributed by atoms with E-state index >= 15 is 0 Å². The number of fused-ring (bicyclic) bond motifs is 3. The number of H-pyrrole nitrogens is 1. The van der Waals surface area contributed by atoms with Crippen molar-refractivity contribution < 1.29 is 14.3 Å². The Morgan fingerprint density at radius 1 is 1.07 bits per heavy atom. The molecule has 4 aliphatic heterocycles. The summed E-state index contributed by atoms with van der Waals surface area (Å²) in [6.45, 7) is 7.81. The molecule has 0 aliphatic carbocycles. The molecule has 2 aromatic rings. The fourth-order valence-corrected chi connectivity index (χ4v) is 4.99. The Balaban J connectivity index is 1.19. The van der Waals surface area contributed by atoms with E-state index in [4.69, 9.17) is 9.47 Å². The number of hydrogen-bond donors (Lipinski definition) is 2. The normalized spacial score (nSPS) is 28.4.